The summed E-state index contributed by atoms with van der Waals surface area (Å²) >= 11 is 0. The normalized spacial score (nSPS) is 26.2. The summed E-state index contributed by atoms with van der Waals surface area (Å²) in [4.78, 5) is 40.9. The molecule has 1 aliphatic heterocycles. The maximum atomic E-state index is 12.8. The number of likely N-dealkylation sites (tertiary alicyclic amines) is 1. The number of carbonyl (C=O) groups is 3. The SMILES string of the molecule is CCC(CC)C(=O)N1C[C@@H](C(=O)O)[C@H](N=C(N)N)[C@H](O)[C@H]1NC(C)=O. The zero-order valence-corrected chi connectivity index (χ0v) is 14.7. The van der Waals surface area contributed by atoms with Crippen molar-refractivity contribution in [1.29, 1.82) is 0 Å². The molecule has 0 aromatic carbocycles. The molecule has 25 heavy (non-hydrogen) atoms. The number of carboxylic acids is 1. The third kappa shape index (κ3) is 4.81. The maximum absolute atomic E-state index is 12.8. The molecule has 1 heterocycles. The number of hydrogen-bond donors (Lipinski definition) is 5. The number of hydrogen-bond acceptors (Lipinski definition) is 5. The maximum Gasteiger partial charge on any atom is 0.310 e. The van der Waals surface area contributed by atoms with Gasteiger partial charge >= 0.3 is 5.97 Å². The standard InChI is InChI=1S/C15H27N5O5/c1-4-8(5-2)13(23)20-6-9(14(24)25)10(19-15(16)17)11(22)12(20)18-7(3)21/h8-12,22H,4-6H2,1-3H3,(H,18,21)(H,24,25)(H4,16,17,19)/t9-,10+,11+,12+/m1/s1. The van der Waals surface area contributed by atoms with E-state index < -0.39 is 36.1 Å². The molecule has 4 atom stereocenters. The summed E-state index contributed by atoms with van der Waals surface area (Å²) in [5.41, 5.74) is 10.7. The van der Waals surface area contributed by atoms with E-state index in [-0.39, 0.29) is 24.3 Å². The molecule has 1 fully saturated rings. The minimum atomic E-state index is -1.46. The molecule has 1 aliphatic rings. The highest BCUT2D eigenvalue weighted by Gasteiger charge is 2.48. The third-order valence-electron chi connectivity index (χ3n) is 4.40. The van der Waals surface area contributed by atoms with E-state index in [0.717, 1.165) is 0 Å². The van der Waals surface area contributed by atoms with Crippen molar-refractivity contribution in [3.8, 4) is 0 Å². The number of carbonyl (C=O) groups excluding carboxylic acids is 2. The second kappa shape index (κ2) is 8.65. The quantitative estimate of drug-likeness (QED) is 0.282. The van der Waals surface area contributed by atoms with Gasteiger partial charge < -0.3 is 31.9 Å². The second-order valence-electron chi connectivity index (χ2n) is 6.13. The molecule has 10 heteroatoms. The molecule has 142 valence electrons. The summed E-state index contributed by atoms with van der Waals surface area (Å²) in [7, 11) is 0. The Labute approximate surface area is 146 Å². The van der Waals surface area contributed by atoms with Crippen LogP contribution < -0.4 is 16.8 Å². The molecular weight excluding hydrogens is 330 g/mol. The first-order valence-corrected chi connectivity index (χ1v) is 8.21. The molecule has 0 spiro atoms. The van der Waals surface area contributed by atoms with Gasteiger partial charge in [-0.2, -0.15) is 0 Å². The predicted molar refractivity (Wildman–Crippen MR) is 90.1 cm³/mol. The number of aliphatic carboxylic acids is 1. The first-order valence-electron chi connectivity index (χ1n) is 8.21. The first-order chi connectivity index (χ1) is 11.6. The number of nitrogens with one attached hydrogen (secondary N) is 1. The van der Waals surface area contributed by atoms with Crippen molar-refractivity contribution in [2.45, 2.75) is 51.9 Å². The highest BCUT2D eigenvalue weighted by atomic mass is 16.4. The molecule has 0 radical (unpaired) electrons. The molecule has 0 aromatic heterocycles. The molecule has 0 bridgehead atoms. The lowest BCUT2D eigenvalue weighted by Gasteiger charge is -2.45. The van der Waals surface area contributed by atoms with Gasteiger partial charge in [-0.15, -0.1) is 0 Å². The van der Waals surface area contributed by atoms with Crippen molar-refractivity contribution in [3.05, 3.63) is 0 Å². The van der Waals surface area contributed by atoms with Crippen LogP contribution in [0.1, 0.15) is 33.6 Å². The van der Waals surface area contributed by atoms with Gasteiger partial charge in [-0.1, -0.05) is 13.8 Å². The Hall–Kier alpha value is -2.36. The van der Waals surface area contributed by atoms with Crippen LogP contribution in [0, 0.1) is 11.8 Å². The number of rotatable bonds is 6. The molecule has 7 N–H and O–H groups in total. The van der Waals surface area contributed by atoms with E-state index in [1.165, 1.54) is 11.8 Å². The molecule has 2 amide bonds. The largest absolute Gasteiger partial charge is 0.481 e. The van der Waals surface area contributed by atoms with Gasteiger partial charge in [0, 0.05) is 19.4 Å². The number of carboxylic acid groups (broad SMARTS) is 1. The Morgan fingerprint density at radius 3 is 2.24 bits per heavy atom. The highest BCUT2D eigenvalue weighted by molar-refractivity contribution is 5.82. The van der Waals surface area contributed by atoms with Crippen LogP contribution in [-0.2, 0) is 14.4 Å². The van der Waals surface area contributed by atoms with E-state index in [0.29, 0.717) is 12.8 Å². The van der Waals surface area contributed by atoms with Crippen LogP contribution in [0.2, 0.25) is 0 Å². The van der Waals surface area contributed by atoms with Crippen molar-refractivity contribution in [2.24, 2.45) is 28.3 Å². The number of amides is 2. The molecule has 0 unspecified atom stereocenters. The van der Waals surface area contributed by atoms with Crippen LogP contribution in [0.3, 0.4) is 0 Å². The van der Waals surface area contributed by atoms with Crippen LogP contribution in [0.15, 0.2) is 4.99 Å². The number of nitrogens with zero attached hydrogens (tertiary/aromatic N) is 2. The van der Waals surface area contributed by atoms with Crippen molar-refractivity contribution in [2.75, 3.05) is 6.54 Å². The van der Waals surface area contributed by atoms with Gasteiger partial charge in [-0.05, 0) is 12.8 Å². The van der Waals surface area contributed by atoms with Crippen molar-refractivity contribution in [1.82, 2.24) is 10.2 Å². The number of aliphatic hydroxyl groups is 1. The number of guanidine groups is 1. The lowest BCUT2D eigenvalue weighted by molar-refractivity contribution is -0.158. The van der Waals surface area contributed by atoms with E-state index in [9.17, 15) is 24.6 Å². The van der Waals surface area contributed by atoms with Gasteiger partial charge in [-0.3, -0.25) is 14.4 Å². The Morgan fingerprint density at radius 2 is 1.84 bits per heavy atom. The smallest absolute Gasteiger partial charge is 0.310 e. The number of aliphatic hydroxyl groups excluding tert-OH is 1. The van der Waals surface area contributed by atoms with Crippen molar-refractivity contribution >= 4 is 23.7 Å². The van der Waals surface area contributed by atoms with Crippen molar-refractivity contribution in [3.63, 3.8) is 0 Å². The van der Waals surface area contributed by atoms with Gasteiger partial charge in [0.15, 0.2) is 5.96 Å². The van der Waals surface area contributed by atoms with E-state index in [4.69, 9.17) is 11.5 Å². The Kier molecular flexibility index (Phi) is 7.16. The molecule has 1 saturated heterocycles. The topological polar surface area (TPSA) is 171 Å². The predicted octanol–water partition coefficient (Wildman–Crippen LogP) is -1.57. The van der Waals surface area contributed by atoms with Crippen LogP contribution in [-0.4, -0.2) is 63.7 Å². The van der Waals surface area contributed by atoms with Gasteiger partial charge in [-0.25, -0.2) is 4.99 Å². The molecule has 1 rings (SSSR count). The minimum absolute atomic E-state index is 0.214. The molecule has 0 aliphatic carbocycles. The molecule has 10 nitrogen and oxygen atoms in total. The zero-order chi connectivity index (χ0) is 19.3. The first kappa shape index (κ1) is 20.7. The average molecular weight is 357 g/mol. The van der Waals surface area contributed by atoms with E-state index in [1.807, 2.05) is 13.8 Å². The summed E-state index contributed by atoms with van der Waals surface area (Å²) in [5.74, 6) is -3.94. The number of aliphatic imine (C=N–C) groups is 1. The van der Waals surface area contributed by atoms with E-state index in [2.05, 4.69) is 10.3 Å². The average Bonchev–Trinajstić information content (AvgIpc) is 2.51. The Bertz CT molecular complexity index is 544. The number of nitrogens with two attached hydrogens (primary N) is 2. The summed E-state index contributed by atoms with van der Waals surface area (Å²) in [6.07, 6.45) is -1.44. The minimum Gasteiger partial charge on any atom is -0.481 e. The van der Waals surface area contributed by atoms with E-state index >= 15 is 0 Å². The van der Waals surface area contributed by atoms with Crippen LogP contribution in [0.4, 0.5) is 0 Å². The van der Waals surface area contributed by atoms with Gasteiger partial charge in [0.25, 0.3) is 0 Å². The molecule has 0 aromatic rings. The van der Waals surface area contributed by atoms with Gasteiger partial charge in [0.05, 0.1) is 12.0 Å². The summed E-state index contributed by atoms with van der Waals surface area (Å²) in [5, 5.41) is 22.6. The fraction of sp³-hybridized carbons (Fsp3) is 0.733. The number of piperidine rings is 1. The Balaban J connectivity index is 3.30. The fourth-order valence-corrected chi connectivity index (χ4v) is 3.08. The summed E-state index contributed by atoms with van der Waals surface area (Å²) in [6, 6.07) is -1.18. The lowest BCUT2D eigenvalue weighted by Crippen LogP contribution is -2.67. The van der Waals surface area contributed by atoms with Crippen LogP contribution >= 0.6 is 0 Å². The Morgan fingerprint density at radius 1 is 1.28 bits per heavy atom. The van der Waals surface area contributed by atoms with E-state index in [1.54, 1.807) is 0 Å². The second-order valence-corrected chi connectivity index (χ2v) is 6.13. The van der Waals surface area contributed by atoms with Crippen molar-refractivity contribution < 1.29 is 24.6 Å². The highest BCUT2D eigenvalue weighted by Crippen LogP contribution is 2.27. The van der Waals surface area contributed by atoms with Gasteiger partial charge in [0.2, 0.25) is 11.8 Å². The third-order valence-corrected chi connectivity index (χ3v) is 4.40. The van der Waals surface area contributed by atoms with Crippen LogP contribution in [0.5, 0.6) is 0 Å². The van der Waals surface area contributed by atoms with Crippen LogP contribution in [0.25, 0.3) is 0 Å². The molecule has 0 saturated carbocycles. The monoisotopic (exact) mass is 357 g/mol. The molecular formula is C15H27N5O5. The lowest BCUT2D eigenvalue weighted by atomic mass is 9.86. The zero-order valence-electron chi connectivity index (χ0n) is 14.7. The summed E-state index contributed by atoms with van der Waals surface area (Å²) < 4.78 is 0. The van der Waals surface area contributed by atoms with Gasteiger partial charge in [0.1, 0.15) is 12.3 Å². The fourth-order valence-electron chi connectivity index (χ4n) is 3.08. The summed E-state index contributed by atoms with van der Waals surface area (Å²) in [6.45, 7) is 4.72.